The SMILES string of the molecule is O=C(COc1ccc(-c2ccccc2)cc1)NN=Cc1cccc(OC(=O)C=Cc2ccco2)c1. The predicted molar refractivity (Wildman–Crippen MR) is 133 cm³/mol. The number of hydrogen-bond donors (Lipinski definition) is 1. The molecule has 0 aliphatic rings. The molecule has 0 radical (unpaired) electrons. The monoisotopic (exact) mass is 466 g/mol. The average molecular weight is 466 g/mol. The van der Waals surface area contributed by atoms with E-state index in [4.69, 9.17) is 13.9 Å². The summed E-state index contributed by atoms with van der Waals surface area (Å²) in [6.07, 6.45) is 5.75. The van der Waals surface area contributed by atoms with E-state index >= 15 is 0 Å². The van der Waals surface area contributed by atoms with Crippen molar-refractivity contribution in [3.63, 3.8) is 0 Å². The first-order valence-corrected chi connectivity index (χ1v) is 10.8. The number of esters is 1. The minimum atomic E-state index is -0.544. The number of nitrogens with one attached hydrogen (secondary N) is 1. The summed E-state index contributed by atoms with van der Waals surface area (Å²) in [5.74, 6) is 0.527. The third-order valence-corrected chi connectivity index (χ3v) is 4.74. The van der Waals surface area contributed by atoms with Crippen molar-refractivity contribution in [2.24, 2.45) is 5.10 Å². The minimum Gasteiger partial charge on any atom is -0.484 e. The van der Waals surface area contributed by atoms with Crippen LogP contribution in [0.3, 0.4) is 0 Å². The van der Waals surface area contributed by atoms with E-state index in [1.807, 2.05) is 54.6 Å². The number of nitrogens with zero attached hydrogens (tertiary/aromatic N) is 1. The highest BCUT2D eigenvalue weighted by Gasteiger charge is 2.04. The number of amides is 1. The van der Waals surface area contributed by atoms with Crippen LogP contribution >= 0.6 is 0 Å². The van der Waals surface area contributed by atoms with Crippen molar-refractivity contribution in [2.75, 3.05) is 6.61 Å². The van der Waals surface area contributed by atoms with Gasteiger partial charge in [0, 0.05) is 6.08 Å². The molecule has 0 bridgehead atoms. The molecule has 1 heterocycles. The fourth-order valence-corrected chi connectivity index (χ4v) is 3.08. The van der Waals surface area contributed by atoms with E-state index in [9.17, 15) is 9.59 Å². The molecule has 0 saturated heterocycles. The highest BCUT2D eigenvalue weighted by atomic mass is 16.5. The van der Waals surface area contributed by atoms with Gasteiger partial charge in [-0.15, -0.1) is 0 Å². The molecule has 35 heavy (non-hydrogen) atoms. The van der Waals surface area contributed by atoms with Gasteiger partial charge in [0.1, 0.15) is 17.3 Å². The molecular weight excluding hydrogens is 444 g/mol. The summed E-state index contributed by atoms with van der Waals surface area (Å²) >= 11 is 0. The van der Waals surface area contributed by atoms with E-state index in [1.165, 1.54) is 24.6 Å². The van der Waals surface area contributed by atoms with Crippen LogP contribution in [0.15, 0.2) is 113 Å². The number of carbonyl (C=O) groups is 2. The summed E-state index contributed by atoms with van der Waals surface area (Å²) in [4.78, 5) is 24.0. The summed E-state index contributed by atoms with van der Waals surface area (Å²) in [5, 5.41) is 3.93. The van der Waals surface area contributed by atoms with Gasteiger partial charge in [-0.1, -0.05) is 54.6 Å². The Morgan fingerprint density at radius 3 is 2.43 bits per heavy atom. The maximum absolute atomic E-state index is 12.0. The summed E-state index contributed by atoms with van der Waals surface area (Å²) in [5.41, 5.74) is 5.22. The van der Waals surface area contributed by atoms with Crippen LogP contribution in [0.25, 0.3) is 17.2 Å². The normalized spacial score (nSPS) is 11.0. The number of hydrazone groups is 1. The van der Waals surface area contributed by atoms with Crippen LogP contribution in [0.4, 0.5) is 0 Å². The molecule has 1 aromatic heterocycles. The van der Waals surface area contributed by atoms with Gasteiger partial charge in [0.2, 0.25) is 0 Å². The van der Waals surface area contributed by atoms with Crippen molar-refractivity contribution < 1.29 is 23.5 Å². The second kappa shape index (κ2) is 11.8. The summed E-state index contributed by atoms with van der Waals surface area (Å²) < 4.78 is 15.9. The molecule has 1 amide bonds. The molecule has 4 aromatic rings. The van der Waals surface area contributed by atoms with E-state index in [2.05, 4.69) is 10.5 Å². The van der Waals surface area contributed by atoms with Crippen molar-refractivity contribution >= 4 is 24.2 Å². The Hall–Kier alpha value is -4.91. The molecular formula is C28H22N2O5. The summed E-state index contributed by atoms with van der Waals surface area (Å²) in [6.45, 7) is -0.179. The van der Waals surface area contributed by atoms with Crippen molar-refractivity contribution in [1.29, 1.82) is 0 Å². The smallest absolute Gasteiger partial charge is 0.336 e. The van der Waals surface area contributed by atoms with Gasteiger partial charge >= 0.3 is 5.97 Å². The quantitative estimate of drug-likeness (QED) is 0.122. The van der Waals surface area contributed by atoms with Crippen LogP contribution in [0.1, 0.15) is 11.3 Å². The van der Waals surface area contributed by atoms with E-state index in [0.29, 0.717) is 22.8 Å². The zero-order chi connectivity index (χ0) is 24.3. The van der Waals surface area contributed by atoms with Crippen LogP contribution in [-0.4, -0.2) is 24.7 Å². The summed E-state index contributed by atoms with van der Waals surface area (Å²) in [6, 6.07) is 27.7. The third-order valence-electron chi connectivity index (χ3n) is 4.74. The molecule has 0 aliphatic carbocycles. The molecule has 0 unspecified atom stereocenters. The standard InChI is InChI=1S/C28H22N2O5/c31-27(20-34-25-13-11-23(12-14-25)22-7-2-1-3-8-22)30-29-19-21-6-4-9-26(18-21)35-28(32)16-15-24-10-5-17-33-24/h1-19H,20H2,(H,30,31). The van der Waals surface area contributed by atoms with E-state index in [-0.39, 0.29) is 6.61 Å². The Balaban J connectivity index is 1.23. The fourth-order valence-electron chi connectivity index (χ4n) is 3.08. The number of ether oxygens (including phenoxy) is 2. The maximum Gasteiger partial charge on any atom is 0.336 e. The molecule has 3 aromatic carbocycles. The molecule has 7 heteroatoms. The van der Waals surface area contributed by atoms with Crippen molar-refractivity contribution in [3.05, 3.63) is 115 Å². The molecule has 0 aliphatic heterocycles. The topological polar surface area (TPSA) is 90.1 Å². The Bertz CT molecular complexity index is 1310. The molecule has 4 rings (SSSR count). The average Bonchev–Trinajstić information content (AvgIpc) is 3.41. The van der Waals surface area contributed by atoms with Crippen LogP contribution < -0.4 is 14.9 Å². The fraction of sp³-hybridized carbons (Fsp3) is 0.0357. The third kappa shape index (κ3) is 7.30. The number of furan rings is 1. The Morgan fingerprint density at radius 2 is 1.66 bits per heavy atom. The molecule has 174 valence electrons. The molecule has 1 N–H and O–H groups in total. The van der Waals surface area contributed by atoms with Crippen LogP contribution in [0.5, 0.6) is 11.5 Å². The Kier molecular flexibility index (Phi) is 7.85. The number of rotatable bonds is 9. The van der Waals surface area contributed by atoms with E-state index in [1.54, 1.807) is 36.4 Å². The van der Waals surface area contributed by atoms with Crippen molar-refractivity contribution in [2.45, 2.75) is 0 Å². The van der Waals surface area contributed by atoms with Gasteiger partial charge < -0.3 is 13.9 Å². The van der Waals surface area contributed by atoms with Crippen molar-refractivity contribution in [1.82, 2.24) is 5.43 Å². The first-order chi connectivity index (χ1) is 17.2. The van der Waals surface area contributed by atoms with Crippen molar-refractivity contribution in [3.8, 4) is 22.6 Å². The lowest BCUT2D eigenvalue weighted by Crippen LogP contribution is -2.24. The van der Waals surface area contributed by atoms with Gasteiger partial charge in [0.15, 0.2) is 6.61 Å². The largest absolute Gasteiger partial charge is 0.484 e. The molecule has 7 nitrogen and oxygen atoms in total. The second-order valence-corrected chi connectivity index (χ2v) is 7.31. The number of carbonyl (C=O) groups excluding carboxylic acids is 2. The zero-order valence-corrected chi connectivity index (χ0v) is 18.7. The number of hydrogen-bond acceptors (Lipinski definition) is 6. The van der Waals surface area contributed by atoms with E-state index in [0.717, 1.165) is 11.1 Å². The Morgan fingerprint density at radius 1 is 0.857 bits per heavy atom. The predicted octanol–water partition coefficient (Wildman–Crippen LogP) is 5.09. The van der Waals surface area contributed by atoms with Crippen LogP contribution in [-0.2, 0) is 9.59 Å². The lowest BCUT2D eigenvalue weighted by molar-refractivity contribution is -0.129. The molecule has 0 atom stereocenters. The Labute approximate surface area is 202 Å². The van der Waals surface area contributed by atoms with Gasteiger partial charge in [-0.3, -0.25) is 4.79 Å². The van der Waals surface area contributed by atoms with Gasteiger partial charge in [0.05, 0.1) is 12.5 Å². The van der Waals surface area contributed by atoms with E-state index < -0.39 is 11.9 Å². The van der Waals surface area contributed by atoms with Crippen LogP contribution in [0.2, 0.25) is 0 Å². The maximum atomic E-state index is 12.0. The highest BCUT2D eigenvalue weighted by Crippen LogP contribution is 2.22. The van der Waals surface area contributed by atoms with Crippen LogP contribution in [0, 0.1) is 0 Å². The zero-order valence-electron chi connectivity index (χ0n) is 18.7. The molecule has 0 saturated carbocycles. The first-order valence-electron chi connectivity index (χ1n) is 10.8. The van der Waals surface area contributed by atoms with Gasteiger partial charge in [-0.2, -0.15) is 5.10 Å². The van der Waals surface area contributed by atoms with Gasteiger partial charge in [0.25, 0.3) is 5.91 Å². The van der Waals surface area contributed by atoms with Gasteiger partial charge in [-0.25, -0.2) is 10.2 Å². The lowest BCUT2D eigenvalue weighted by Gasteiger charge is -2.07. The second-order valence-electron chi connectivity index (χ2n) is 7.31. The lowest BCUT2D eigenvalue weighted by atomic mass is 10.1. The number of benzene rings is 3. The molecule has 0 spiro atoms. The van der Waals surface area contributed by atoms with Gasteiger partial charge in [-0.05, 0) is 59.2 Å². The summed E-state index contributed by atoms with van der Waals surface area (Å²) in [7, 11) is 0. The minimum absolute atomic E-state index is 0.179. The first kappa shape index (κ1) is 23.3. The molecule has 0 fully saturated rings. The highest BCUT2D eigenvalue weighted by molar-refractivity contribution is 5.89.